The molecule has 1 aromatic heterocycles. The number of methoxy groups -OCH3 is 1. The first-order chi connectivity index (χ1) is 9.70. The van der Waals surface area contributed by atoms with Gasteiger partial charge in [0.2, 0.25) is 0 Å². The molecule has 1 aromatic carbocycles. The highest BCUT2D eigenvalue weighted by molar-refractivity contribution is 5.91. The lowest BCUT2D eigenvalue weighted by atomic mass is 10.2. The lowest BCUT2D eigenvalue weighted by Crippen LogP contribution is -2.07. The Kier molecular flexibility index (Phi) is 4.55. The molecule has 0 saturated carbocycles. The van der Waals surface area contributed by atoms with Crippen LogP contribution < -0.4 is 9.47 Å². The van der Waals surface area contributed by atoms with Gasteiger partial charge in [-0.1, -0.05) is 6.07 Å². The molecule has 1 heterocycles. The van der Waals surface area contributed by atoms with Crippen LogP contribution in [0.1, 0.15) is 16.1 Å². The third kappa shape index (κ3) is 3.47. The Labute approximate surface area is 116 Å². The monoisotopic (exact) mass is 273 g/mol. The fraction of sp³-hybridized carbons (Fsp3) is 0.200. The largest absolute Gasteiger partial charge is 0.497 e. The van der Waals surface area contributed by atoms with Gasteiger partial charge in [0.15, 0.2) is 0 Å². The molecule has 0 unspecified atom stereocenters. The Bertz CT molecular complexity index is 584. The van der Waals surface area contributed by atoms with E-state index in [0.29, 0.717) is 24.5 Å². The Hall–Kier alpha value is -2.56. The number of rotatable bonds is 6. The summed E-state index contributed by atoms with van der Waals surface area (Å²) >= 11 is 0. The van der Waals surface area contributed by atoms with Crippen molar-refractivity contribution < 1.29 is 19.4 Å². The lowest BCUT2D eigenvalue weighted by Gasteiger charge is -2.10. The highest BCUT2D eigenvalue weighted by Crippen LogP contribution is 2.24. The number of carboxylic acid groups (broad SMARTS) is 1. The van der Waals surface area contributed by atoms with Crippen molar-refractivity contribution in [3.63, 3.8) is 0 Å². The van der Waals surface area contributed by atoms with Gasteiger partial charge in [0.25, 0.3) is 0 Å². The molecular formula is C15H15NO4. The summed E-state index contributed by atoms with van der Waals surface area (Å²) in [5, 5.41) is 9.15. The van der Waals surface area contributed by atoms with Crippen LogP contribution in [0.4, 0.5) is 0 Å². The average Bonchev–Trinajstić information content (AvgIpc) is 2.48. The van der Waals surface area contributed by atoms with Crippen molar-refractivity contribution in [3.8, 4) is 11.5 Å². The summed E-state index contributed by atoms with van der Waals surface area (Å²) < 4.78 is 10.5. The summed E-state index contributed by atoms with van der Waals surface area (Å²) in [6, 6.07) is 10.4. The van der Waals surface area contributed by atoms with Crippen LogP contribution in [0, 0.1) is 0 Å². The van der Waals surface area contributed by atoms with Crippen LogP contribution >= 0.6 is 0 Å². The summed E-state index contributed by atoms with van der Waals surface area (Å²) in [6.07, 6.45) is 2.33. The van der Waals surface area contributed by atoms with E-state index in [1.54, 1.807) is 18.3 Å². The van der Waals surface area contributed by atoms with Crippen molar-refractivity contribution in [1.82, 2.24) is 4.98 Å². The number of ether oxygens (including phenoxy) is 2. The van der Waals surface area contributed by atoms with E-state index in [-0.39, 0.29) is 5.56 Å². The van der Waals surface area contributed by atoms with E-state index < -0.39 is 5.97 Å². The number of carboxylic acids is 1. The minimum Gasteiger partial charge on any atom is -0.497 e. The van der Waals surface area contributed by atoms with Crippen molar-refractivity contribution in [2.75, 3.05) is 13.7 Å². The van der Waals surface area contributed by atoms with Crippen LogP contribution in [0.2, 0.25) is 0 Å². The summed E-state index contributed by atoms with van der Waals surface area (Å²) in [5.74, 6) is -0.231. The first-order valence-corrected chi connectivity index (χ1v) is 6.14. The molecule has 104 valence electrons. The van der Waals surface area contributed by atoms with Gasteiger partial charge < -0.3 is 14.6 Å². The summed E-state index contributed by atoms with van der Waals surface area (Å²) in [4.78, 5) is 15.4. The lowest BCUT2D eigenvalue weighted by molar-refractivity contribution is 0.0692. The molecule has 0 aliphatic rings. The maximum atomic E-state index is 11.2. The number of hydrogen-bond acceptors (Lipinski definition) is 4. The smallest absolute Gasteiger partial charge is 0.339 e. The fourth-order valence-electron chi connectivity index (χ4n) is 1.74. The molecule has 0 aliphatic heterocycles. The van der Waals surface area contributed by atoms with Gasteiger partial charge in [0.1, 0.15) is 17.1 Å². The molecule has 0 amide bonds. The highest BCUT2D eigenvalue weighted by Gasteiger charge is 2.12. The van der Waals surface area contributed by atoms with Crippen molar-refractivity contribution in [2.24, 2.45) is 0 Å². The maximum absolute atomic E-state index is 11.2. The van der Waals surface area contributed by atoms with Crippen LogP contribution in [0.15, 0.2) is 42.6 Å². The predicted octanol–water partition coefficient (Wildman–Crippen LogP) is 2.41. The standard InChI is InChI=1S/C15H15NO4/c1-19-12-5-6-14(13(10-12)15(17)18)20-9-7-11-4-2-3-8-16-11/h2-6,8,10H,7,9H2,1H3,(H,17,18). The van der Waals surface area contributed by atoms with Crippen molar-refractivity contribution in [1.29, 1.82) is 0 Å². The molecular weight excluding hydrogens is 258 g/mol. The van der Waals surface area contributed by atoms with Gasteiger partial charge in [0.05, 0.1) is 13.7 Å². The highest BCUT2D eigenvalue weighted by atomic mass is 16.5. The van der Waals surface area contributed by atoms with E-state index in [2.05, 4.69) is 4.98 Å². The molecule has 2 rings (SSSR count). The van der Waals surface area contributed by atoms with Gasteiger partial charge in [-0.2, -0.15) is 0 Å². The molecule has 5 nitrogen and oxygen atoms in total. The molecule has 2 aromatic rings. The second kappa shape index (κ2) is 6.56. The number of hydrogen-bond donors (Lipinski definition) is 1. The molecule has 0 atom stereocenters. The number of aromatic nitrogens is 1. The molecule has 1 N–H and O–H groups in total. The van der Waals surface area contributed by atoms with Gasteiger partial charge in [-0.25, -0.2) is 4.79 Å². The van der Waals surface area contributed by atoms with Crippen LogP contribution in [-0.2, 0) is 6.42 Å². The van der Waals surface area contributed by atoms with Crippen LogP contribution in [0.5, 0.6) is 11.5 Å². The molecule has 20 heavy (non-hydrogen) atoms. The SMILES string of the molecule is COc1ccc(OCCc2ccccn2)c(C(=O)O)c1. The normalized spacial score (nSPS) is 10.1. The molecule has 0 saturated heterocycles. The molecule has 5 heteroatoms. The number of nitrogens with zero attached hydrogens (tertiary/aromatic N) is 1. The van der Waals surface area contributed by atoms with Crippen LogP contribution in [-0.4, -0.2) is 29.8 Å². The summed E-state index contributed by atoms with van der Waals surface area (Å²) in [5.41, 5.74) is 0.989. The number of benzene rings is 1. The number of pyridine rings is 1. The Morgan fingerprint density at radius 2 is 2.15 bits per heavy atom. The second-order valence-corrected chi connectivity index (χ2v) is 4.09. The van der Waals surface area contributed by atoms with E-state index in [1.807, 2.05) is 18.2 Å². The van der Waals surface area contributed by atoms with E-state index in [1.165, 1.54) is 13.2 Å². The average molecular weight is 273 g/mol. The first-order valence-electron chi connectivity index (χ1n) is 6.14. The van der Waals surface area contributed by atoms with Crippen LogP contribution in [0.25, 0.3) is 0 Å². The Morgan fingerprint density at radius 3 is 2.80 bits per heavy atom. The zero-order valence-corrected chi connectivity index (χ0v) is 11.1. The molecule has 0 spiro atoms. The predicted molar refractivity (Wildman–Crippen MR) is 73.4 cm³/mol. The van der Waals surface area contributed by atoms with Crippen LogP contribution in [0.3, 0.4) is 0 Å². The summed E-state index contributed by atoms with van der Waals surface area (Å²) in [6.45, 7) is 0.365. The van der Waals surface area contributed by atoms with Gasteiger partial charge >= 0.3 is 5.97 Å². The van der Waals surface area contributed by atoms with Crippen molar-refractivity contribution in [3.05, 3.63) is 53.9 Å². The van der Waals surface area contributed by atoms with Gasteiger partial charge in [0, 0.05) is 18.3 Å². The van der Waals surface area contributed by atoms with E-state index >= 15 is 0 Å². The van der Waals surface area contributed by atoms with Gasteiger partial charge in [-0.3, -0.25) is 4.98 Å². The van der Waals surface area contributed by atoms with E-state index in [9.17, 15) is 4.79 Å². The zero-order valence-electron chi connectivity index (χ0n) is 11.1. The van der Waals surface area contributed by atoms with E-state index in [0.717, 1.165) is 5.69 Å². The first kappa shape index (κ1) is 13.9. The zero-order chi connectivity index (χ0) is 14.4. The van der Waals surface area contributed by atoms with Crippen molar-refractivity contribution >= 4 is 5.97 Å². The molecule has 0 radical (unpaired) electrons. The number of carbonyl (C=O) groups is 1. The molecule has 0 fully saturated rings. The quantitative estimate of drug-likeness (QED) is 0.875. The maximum Gasteiger partial charge on any atom is 0.339 e. The van der Waals surface area contributed by atoms with Crippen molar-refractivity contribution in [2.45, 2.75) is 6.42 Å². The molecule has 0 aliphatic carbocycles. The second-order valence-electron chi connectivity index (χ2n) is 4.09. The van der Waals surface area contributed by atoms with Gasteiger partial charge in [-0.15, -0.1) is 0 Å². The Balaban J connectivity index is 2.04. The summed E-state index contributed by atoms with van der Waals surface area (Å²) in [7, 11) is 1.49. The third-order valence-electron chi connectivity index (χ3n) is 2.76. The minimum absolute atomic E-state index is 0.0883. The third-order valence-corrected chi connectivity index (χ3v) is 2.76. The molecule has 0 bridgehead atoms. The minimum atomic E-state index is -1.04. The topological polar surface area (TPSA) is 68.7 Å². The Morgan fingerprint density at radius 1 is 1.30 bits per heavy atom. The fourth-order valence-corrected chi connectivity index (χ4v) is 1.74. The van der Waals surface area contributed by atoms with E-state index in [4.69, 9.17) is 14.6 Å². The number of aromatic carboxylic acids is 1. The van der Waals surface area contributed by atoms with Gasteiger partial charge in [-0.05, 0) is 30.3 Å².